The van der Waals surface area contributed by atoms with Crippen LogP contribution in [0.1, 0.15) is 16.1 Å². The number of carboxylic acid groups (broad SMARTS) is 1. The number of hydrogen-bond donors (Lipinski definition) is 2. The van der Waals surface area contributed by atoms with Crippen molar-refractivity contribution in [1.29, 1.82) is 0 Å². The van der Waals surface area contributed by atoms with Gasteiger partial charge in [-0.3, -0.25) is 0 Å². The molecule has 2 N–H and O–H groups in total. The van der Waals surface area contributed by atoms with Gasteiger partial charge in [0.1, 0.15) is 5.69 Å². The fourth-order valence-corrected chi connectivity index (χ4v) is 0.626. The fourth-order valence-electron chi connectivity index (χ4n) is 0.626. The van der Waals surface area contributed by atoms with Crippen molar-refractivity contribution in [2.24, 2.45) is 0 Å². The average molecular weight is 125 g/mol. The predicted octanol–water partition coefficient (Wildman–Crippen LogP) is 1.02. The van der Waals surface area contributed by atoms with Crippen LogP contribution >= 0.6 is 0 Å². The number of carboxylic acids is 1. The van der Waals surface area contributed by atoms with Crippen LogP contribution in [0.4, 0.5) is 0 Å². The number of aromatic amines is 1. The van der Waals surface area contributed by atoms with Gasteiger partial charge in [-0.25, -0.2) is 4.79 Å². The van der Waals surface area contributed by atoms with Crippen molar-refractivity contribution in [1.82, 2.24) is 4.98 Å². The van der Waals surface area contributed by atoms with E-state index in [0.29, 0.717) is 0 Å². The maximum Gasteiger partial charge on any atom is 0.352 e. The Morgan fingerprint density at radius 1 is 1.78 bits per heavy atom. The molecule has 0 unspecified atom stereocenters. The molecule has 1 heterocycles. The van der Waals surface area contributed by atoms with E-state index >= 15 is 0 Å². The molecule has 0 saturated heterocycles. The zero-order valence-electron chi connectivity index (χ0n) is 5.01. The molecule has 3 nitrogen and oxygen atoms in total. The molecule has 0 aliphatic carbocycles. The Kier molecular flexibility index (Phi) is 1.26. The Morgan fingerprint density at radius 3 is 2.67 bits per heavy atom. The first-order valence-corrected chi connectivity index (χ1v) is 2.58. The highest BCUT2D eigenvalue weighted by Gasteiger charge is 2.01. The standard InChI is InChI=1S/C6H7NO2/c1-4-2-5(6(8)9)7-3-4/h2-3,7H,1H3,(H,8,9). The molecule has 0 amide bonds. The van der Waals surface area contributed by atoms with E-state index in [1.165, 1.54) is 0 Å². The van der Waals surface area contributed by atoms with Crippen LogP contribution in [0.3, 0.4) is 0 Å². The summed E-state index contributed by atoms with van der Waals surface area (Å²) in [5.41, 5.74) is 1.18. The Hall–Kier alpha value is -1.25. The monoisotopic (exact) mass is 125 g/mol. The molecule has 0 spiro atoms. The second kappa shape index (κ2) is 1.93. The molecule has 0 saturated carbocycles. The van der Waals surface area contributed by atoms with Crippen molar-refractivity contribution in [2.75, 3.05) is 0 Å². The van der Waals surface area contributed by atoms with Gasteiger partial charge in [0.05, 0.1) is 0 Å². The first-order valence-electron chi connectivity index (χ1n) is 2.58. The van der Waals surface area contributed by atoms with Gasteiger partial charge >= 0.3 is 5.97 Å². The summed E-state index contributed by atoms with van der Waals surface area (Å²) in [5.74, 6) is -0.914. The largest absolute Gasteiger partial charge is 0.477 e. The van der Waals surface area contributed by atoms with Gasteiger partial charge in [0.15, 0.2) is 0 Å². The Morgan fingerprint density at radius 2 is 2.44 bits per heavy atom. The van der Waals surface area contributed by atoms with E-state index < -0.39 is 5.97 Å². The topological polar surface area (TPSA) is 53.1 Å². The minimum atomic E-state index is -0.914. The molecule has 0 aromatic carbocycles. The van der Waals surface area contributed by atoms with E-state index in [2.05, 4.69) is 4.98 Å². The highest BCUT2D eigenvalue weighted by atomic mass is 16.4. The lowest BCUT2D eigenvalue weighted by Gasteiger charge is -1.81. The summed E-state index contributed by atoms with van der Waals surface area (Å²) in [6, 6.07) is 1.59. The van der Waals surface area contributed by atoms with Gasteiger partial charge in [0, 0.05) is 6.20 Å². The minimum absolute atomic E-state index is 0.243. The van der Waals surface area contributed by atoms with E-state index in [1.807, 2.05) is 6.92 Å². The van der Waals surface area contributed by atoms with Crippen LogP contribution in [0.5, 0.6) is 0 Å². The molecule has 1 rings (SSSR count). The average Bonchev–Trinajstić information content (AvgIpc) is 2.14. The summed E-state index contributed by atoms with van der Waals surface area (Å²) < 4.78 is 0. The molecular formula is C6H7NO2. The quantitative estimate of drug-likeness (QED) is 0.588. The van der Waals surface area contributed by atoms with Gasteiger partial charge in [-0.05, 0) is 18.6 Å². The van der Waals surface area contributed by atoms with Gasteiger partial charge in [-0.1, -0.05) is 0 Å². The van der Waals surface area contributed by atoms with Crippen LogP contribution < -0.4 is 0 Å². The Bertz CT molecular complexity index is 227. The van der Waals surface area contributed by atoms with E-state index in [0.717, 1.165) is 5.56 Å². The Balaban J connectivity index is 2.98. The smallest absolute Gasteiger partial charge is 0.352 e. The number of carbonyl (C=O) groups is 1. The van der Waals surface area contributed by atoms with Crippen LogP contribution in [0.25, 0.3) is 0 Å². The third-order valence-corrected chi connectivity index (χ3v) is 1.06. The molecule has 48 valence electrons. The predicted molar refractivity (Wildman–Crippen MR) is 32.5 cm³/mol. The van der Waals surface area contributed by atoms with E-state index in [9.17, 15) is 4.79 Å². The summed E-state index contributed by atoms with van der Waals surface area (Å²) in [6.45, 7) is 1.84. The van der Waals surface area contributed by atoms with Gasteiger partial charge in [0.25, 0.3) is 0 Å². The second-order valence-electron chi connectivity index (χ2n) is 1.90. The number of aromatic nitrogens is 1. The first-order chi connectivity index (χ1) is 4.20. The zero-order valence-corrected chi connectivity index (χ0v) is 5.01. The number of hydrogen-bond acceptors (Lipinski definition) is 1. The zero-order chi connectivity index (χ0) is 6.85. The van der Waals surface area contributed by atoms with E-state index in [4.69, 9.17) is 5.11 Å². The molecule has 0 radical (unpaired) electrons. The normalized spacial score (nSPS) is 9.44. The summed E-state index contributed by atoms with van der Waals surface area (Å²) in [7, 11) is 0. The first kappa shape index (κ1) is 5.88. The summed E-state index contributed by atoms with van der Waals surface area (Å²) >= 11 is 0. The number of H-pyrrole nitrogens is 1. The fraction of sp³-hybridized carbons (Fsp3) is 0.167. The lowest BCUT2D eigenvalue weighted by Crippen LogP contribution is -1.94. The molecule has 9 heavy (non-hydrogen) atoms. The second-order valence-corrected chi connectivity index (χ2v) is 1.90. The van der Waals surface area contributed by atoms with Crippen molar-refractivity contribution >= 4 is 5.97 Å². The summed E-state index contributed by atoms with van der Waals surface area (Å²) in [5, 5.41) is 8.37. The third-order valence-electron chi connectivity index (χ3n) is 1.06. The third kappa shape index (κ3) is 1.10. The molecule has 0 aliphatic heterocycles. The minimum Gasteiger partial charge on any atom is -0.477 e. The molecule has 1 aromatic heterocycles. The number of aromatic carboxylic acids is 1. The maximum absolute atomic E-state index is 10.2. The van der Waals surface area contributed by atoms with Crippen molar-refractivity contribution in [2.45, 2.75) is 6.92 Å². The van der Waals surface area contributed by atoms with Gasteiger partial charge in [-0.15, -0.1) is 0 Å². The number of nitrogens with one attached hydrogen (secondary N) is 1. The molecule has 0 atom stereocenters. The molecule has 0 aliphatic rings. The molecule has 3 heteroatoms. The number of aryl methyl sites for hydroxylation is 1. The molecule has 0 fully saturated rings. The lowest BCUT2D eigenvalue weighted by atomic mass is 10.3. The summed E-state index contributed by atoms with van der Waals surface area (Å²) in [6.07, 6.45) is 1.66. The van der Waals surface area contributed by atoms with Crippen molar-refractivity contribution in [3.63, 3.8) is 0 Å². The molecular weight excluding hydrogens is 118 g/mol. The van der Waals surface area contributed by atoms with Crippen LogP contribution in [0.15, 0.2) is 12.3 Å². The van der Waals surface area contributed by atoms with E-state index in [-0.39, 0.29) is 5.69 Å². The van der Waals surface area contributed by atoms with Crippen LogP contribution in [-0.2, 0) is 0 Å². The van der Waals surface area contributed by atoms with Crippen LogP contribution in [0.2, 0.25) is 0 Å². The van der Waals surface area contributed by atoms with Crippen molar-refractivity contribution in [3.05, 3.63) is 23.5 Å². The van der Waals surface area contributed by atoms with Gasteiger partial charge in [-0.2, -0.15) is 0 Å². The van der Waals surface area contributed by atoms with Crippen molar-refractivity contribution < 1.29 is 9.90 Å². The Labute approximate surface area is 52.3 Å². The SMILES string of the molecule is Cc1c[nH]c(C(=O)O)c1. The van der Waals surface area contributed by atoms with Gasteiger partial charge in [0.2, 0.25) is 0 Å². The maximum atomic E-state index is 10.2. The molecule has 1 aromatic rings. The molecule has 0 bridgehead atoms. The van der Waals surface area contributed by atoms with Crippen molar-refractivity contribution in [3.8, 4) is 0 Å². The number of rotatable bonds is 1. The summed E-state index contributed by atoms with van der Waals surface area (Å²) in [4.78, 5) is 12.8. The van der Waals surface area contributed by atoms with Crippen LogP contribution in [0, 0.1) is 6.92 Å². The highest BCUT2D eigenvalue weighted by molar-refractivity contribution is 5.85. The van der Waals surface area contributed by atoms with Gasteiger partial charge < -0.3 is 10.1 Å². The van der Waals surface area contributed by atoms with E-state index in [1.54, 1.807) is 12.3 Å². The highest BCUT2D eigenvalue weighted by Crippen LogP contribution is 1.99. The van der Waals surface area contributed by atoms with Crippen LogP contribution in [-0.4, -0.2) is 16.1 Å². The lowest BCUT2D eigenvalue weighted by molar-refractivity contribution is 0.0691.